The summed E-state index contributed by atoms with van der Waals surface area (Å²) in [6.07, 6.45) is 2.80. The number of pyridine rings is 1. The molecule has 5 rings (SSSR count). The average Bonchev–Trinajstić information content (AvgIpc) is 3.25. The summed E-state index contributed by atoms with van der Waals surface area (Å²) in [6, 6.07) is 6.29. The highest BCUT2D eigenvalue weighted by molar-refractivity contribution is 6.35. The Morgan fingerprint density at radius 1 is 1.06 bits per heavy atom. The van der Waals surface area contributed by atoms with E-state index in [4.69, 9.17) is 11.6 Å². The zero-order chi connectivity index (χ0) is 23.3. The number of hydrogen-bond acceptors (Lipinski definition) is 5. The van der Waals surface area contributed by atoms with Crippen LogP contribution in [0.2, 0.25) is 5.02 Å². The molecule has 33 heavy (non-hydrogen) atoms. The standard InChI is InChI=1S/C22H14ClF3N6O/c1-10(31-21-19-20(28-8-27-19)29-9-30-21)16-4-11-2-3-15(26)18(23)17(11)22(33)32(16)14-6-12(24)5-13(25)7-14/h2-10H,1H3,(H2,27,28,29,30,31). The number of halogens is 4. The Balaban J connectivity index is 1.75. The van der Waals surface area contributed by atoms with Gasteiger partial charge in [-0.05, 0) is 36.6 Å². The van der Waals surface area contributed by atoms with E-state index in [-0.39, 0.29) is 16.1 Å². The maximum Gasteiger partial charge on any atom is 0.264 e. The van der Waals surface area contributed by atoms with Crippen molar-refractivity contribution in [1.82, 2.24) is 24.5 Å². The van der Waals surface area contributed by atoms with Gasteiger partial charge in [0, 0.05) is 11.8 Å². The number of aromatic amines is 1. The van der Waals surface area contributed by atoms with Gasteiger partial charge >= 0.3 is 0 Å². The fourth-order valence-electron chi connectivity index (χ4n) is 3.76. The minimum atomic E-state index is -0.871. The Morgan fingerprint density at radius 3 is 2.58 bits per heavy atom. The van der Waals surface area contributed by atoms with Gasteiger partial charge in [-0.15, -0.1) is 0 Å². The van der Waals surface area contributed by atoms with E-state index in [1.165, 1.54) is 18.7 Å². The summed E-state index contributed by atoms with van der Waals surface area (Å²) >= 11 is 6.09. The third kappa shape index (κ3) is 3.58. The van der Waals surface area contributed by atoms with E-state index in [9.17, 15) is 18.0 Å². The van der Waals surface area contributed by atoms with Crippen molar-refractivity contribution in [1.29, 1.82) is 0 Å². The molecular formula is C22H14ClF3N6O. The smallest absolute Gasteiger partial charge is 0.264 e. The predicted octanol–water partition coefficient (Wildman–Crippen LogP) is 4.90. The SMILES string of the molecule is CC(Nc1ncnc2nc[nH]c12)c1cc2ccc(F)c(Cl)c2c(=O)n1-c1cc(F)cc(F)c1. The first-order valence-corrected chi connectivity index (χ1v) is 10.1. The number of nitrogens with zero attached hydrogens (tertiary/aromatic N) is 4. The lowest BCUT2D eigenvalue weighted by Crippen LogP contribution is -2.26. The Morgan fingerprint density at radius 2 is 1.82 bits per heavy atom. The lowest BCUT2D eigenvalue weighted by molar-refractivity contribution is 0.580. The second-order valence-corrected chi connectivity index (χ2v) is 7.73. The third-order valence-corrected chi connectivity index (χ3v) is 5.60. The number of benzene rings is 2. The predicted molar refractivity (Wildman–Crippen MR) is 118 cm³/mol. The fraction of sp³-hybridized carbons (Fsp3) is 0.0909. The molecule has 0 aliphatic carbocycles. The Kier molecular flexibility index (Phi) is 5.01. The first-order chi connectivity index (χ1) is 15.8. The van der Waals surface area contributed by atoms with Gasteiger partial charge in [0.05, 0.1) is 28.5 Å². The molecule has 0 bridgehead atoms. The van der Waals surface area contributed by atoms with Crippen LogP contribution >= 0.6 is 11.6 Å². The molecule has 0 aliphatic rings. The molecule has 0 spiro atoms. The molecule has 0 saturated carbocycles. The normalized spacial score (nSPS) is 12.4. The van der Waals surface area contributed by atoms with Gasteiger partial charge in [-0.2, -0.15) is 0 Å². The second kappa shape index (κ2) is 7.89. The van der Waals surface area contributed by atoms with Gasteiger partial charge in [0.1, 0.15) is 29.3 Å². The maximum absolute atomic E-state index is 14.1. The van der Waals surface area contributed by atoms with Crippen LogP contribution in [-0.4, -0.2) is 24.5 Å². The summed E-state index contributed by atoms with van der Waals surface area (Å²) in [4.78, 5) is 28.8. The number of imidazole rings is 1. The lowest BCUT2D eigenvalue weighted by Gasteiger charge is -2.22. The molecule has 7 nitrogen and oxygen atoms in total. The molecule has 3 aromatic heterocycles. The first kappa shape index (κ1) is 21.0. The second-order valence-electron chi connectivity index (χ2n) is 7.35. The molecule has 2 N–H and O–H groups in total. The quantitative estimate of drug-likeness (QED) is 0.390. The Bertz CT molecular complexity index is 1580. The summed E-state index contributed by atoms with van der Waals surface area (Å²) in [5.74, 6) is -2.11. The molecule has 0 saturated heterocycles. The summed E-state index contributed by atoms with van der Waals surface area (Å²) in [5.41, 5.74) is 0.523. The van der Waals surface area contributed by atoms with Crippen molar-refractivity contribution < 1.29 is 13.2 Å². The molecule has 166 valence electrons. The van der Waals surface area contributed by atoms with Crippen molar-refractivity contribution in [2.75, 3.05) is 5.32 Å². The van der Waals surface area contributed by atoms with Crippen LogP contribution in [0.15, 0.2) is 53.8 Å². The molecule has 0 aliphatic heterocycles. The van der Waals surface area contributed by atoms with Crippen molar-refractivity contribution in [2.24, 2.45) is 0 Å². The van der Waals surface area contributed by atoms with Gasteiger partial charge in [-0.25, -0.2) is 28.1 Å². The molecule has 5 aromatic rings. The van der Waals surface area contributed by atoms with E-state index in [1.54, 1.807) is 13.0 Å². The number of fused-ring (bicyclic) bond motifs is 2. The van der Waals surface area contributed by atoms with Crippen molar-refractivity contribution >= 4 is 39.4 Å². The summed E-state index contributed by atoms with van der Waals surface area (Å²) in [7, 11) is 0. The minimum absolute atomic E-state index is 0.0715. The Hall–Kier alpha value is -3.92. The molecule has 1 unspecified atom stereocenters. The summed E-state index contributed by atoms with van der Waals surface area (Å²) < 4.78 is 43.3. The van der Waals surface area contributed by atoms with Crippen LogP contribution in [-0.2, 0) is 0 Å². The van der Waals surface area contributed by atoms with Crippen molar-refractivity contribution in [2.45, 2.75) is 13.0 Å². The molecule has 1 atom stereocenters. The highest BCUT2D eigenvalue weighted by Gasteiger charge is 2.21. The molecule has 11 heteroatoms. The molecule has 0 amide bonds. The van der Waals surface area contributed by atoms with Crippen LogP contribution in [0.3, 0.4) is 0 Å². The van der Waals surface area contributed by atoms with Crippen LogP contribution in [0.1, 0.15) is 18.7 Å². The zero-order valence-corrected chi connectivity index (χ0v) is 17.7. The first-order valence-electron chi connectivity index (χ1n) is 9.74. The van der Waals surface area contributed by atoms with Gasteiger partial charge in [0.2, 0.25) is 0 Å². The number of anilines is 1. The summed E-state index contributed by atoms with van der Waals surface area (Å²) in [5, 5.41) is 3.07. The van der Waals surface area contributed by atoms with E-state index in [0.29, 0.717) is 34.1 Å². The van der Waals surface area contributed by atoms with Crippen LogP contribution in [0.4, 0.5) is 19.0 Å². The van der Waals surface area contributed by atoms with Crippen LogP contribution in [0.5, 0.6) is 0 Å². The fourth-order valence-corrected chi connectivity index (χ4v) is 4.02. The van der Waals surface area contributed by atoms with E-state index in [2.05, 4.69) is 25.3 Å². The third-order valence-electron chi connectivity index (χ3n) is 5.23. The van der Waals surface area contributed by atoms with Crippen molar-refractivity contribution in [3.05, 3.63) is 87.6 Å². The summed E-state index contributed by atoms with van der Waals surface area (Å²) in [6.45, 7) is 1.74. The lowest BCUT2D eigenvalue weighted by atomic mass is 10.1. The van der Waals surface area contributed by atoms with Gasteiger partial charge in [0.15, 0.2) is 11.5 Å². The molecule has 0 fully saturated rings. The number of aromatic nitrogens is 5. The van der Waals surface area contributed by atoms with Crippen LogP contribution in [0, 0.1) is 17.5 Å². The number of rotatable bonds is 4. The van der Waals surface area contributed by atoms with Crippen molar-refractivity contribution in [3.63, 3.8) is 0 Å². The maximum atomic E-state index is 14.1. The molecule has 2 aromatic carbocycles. The largest absolute Gasteiger partial charge is 0.360 e. The van der Waals surface area contributed by atoms with Gasteiger partial charge in [-0.3, -0.25) is 9.36 Å². The molecule has 0 radical (unpaired) electrons. The molecular weight excluding hydrogens is 457 g/mol. The topological polar surface area (TPSA) is 88.5 Å². The van der Waals surface area contributed by atoms with E-state index in [0.717, 1.165) is 22.8 Å². The number of nitrogens with one attached hydrogen (secondary N) is 2. The highest BCUT2D eigenvalue weighted by atomic mass is 35.5. The van der Waals surface area contributed by atoms with Crippen LogP contribution in [0.25, 0.3) is 27.6 Å². The number of H-pyrrole nitrogens is 1. The monoisotopic (exact) mass is 470 g/mol. The van der Waals surface area contributed by atoms with Crippen molar-refractivity contribution in [3.8, 4) is 5.69 Å². The van der Waals surface area contributed by atoms with Gasteiger partial charge in [-0.1, -0.05) is 17.7 Å². The van der Waals surface area contributed by atoms with Crippen LogP contribution < -0.4 is 10.9 Å². The highest BCUT2D eigenvalue weighted by Crippen LogP contribution is 2.29. The van der Waals surface area contributed by atoms with Gasteiger partial charge in [0.25, 0.3) is 5.56 Å². The van der Waals surface area contributed by atoms with Gasteiger partial charge < -0.3 is 10.3 Å². The Labute approximate surface area is 188 Å². The zero-order valence-electron chi connectivity index (χ0n) is 16.9. The van der Waals surface area contributed by atoms with E-state index in [1.807, 2.05) is 0 Å². The van der Waals surface area contributed by atoms with E-state index >= 15 is 0 Å². The van der Waals surface area contributed by atoms with E-state index < -0.39 is 29.1 Å². The molecule has 3 heterocycles. The minimum Gasteiger partial charge on any atom is -0.360 e. The number of hydrogen-bond donors (Lipinski definition) is 2. The average molecular weight is 471 g/mol.